The number of para-hydroxylation sites is 2. The van der Waals surface area contributed by atoms with Crippen LogP contribution < -0.4 is 9.47 Å². The molecular formula is C26H28N2O3S. The molecule has 0 atom stereocenters. The van der Waals surface area contributed by atoms with Crippen LogP contribution in [0.5, 0.6) is 0 Å². The highest BCUT2D eigenvalue weighted by Gasteiger charge is 2.37. The molecule has 0 bridgehead atoms. The average Bonchev–Trinajstić information content (AvgIpc) is 2.95. The van der Waals surface area contributed by atoms with Crippen LogP contribution in [0.15, 0.2) is 78.6 Å². The number of likely N-dealkylation sites (N-methyl/N-ethyl adjacent to an activating group) is 1. The lowest BCUT2D eigenvalue weighted by molar-refractivity contribution is -0.671. The number of pyridine rings is 1. The van der Waals surface area contributed by atoms with Gasteiger partial charge >= 0.3 is 0 Å². The van der Waals surface area contributed by atoms with Crippen molar-refractivity contribution in [3.8, 4) is 0 Å². The summed E-state index contributed by atoms with van der Waals surface area (Å²) in [7, 11) is -2.09. The van der Waals surface area contributed by atoms with Crippen LogP contribution in [0.1, 0.15) is 31.4 Å². The van der Waals surface area contributed by atoms with Crippen LogP contribution in [-0.2, 0) is 22.1 Å². The first-order chi connectivity index (χ1) is 15.2. The first-order valence-electron chi connectivity index (χ1n) is 10.8. The van der Waals surface area contributed by atoms with E-state index < -0.39 is 10.1 Å². The summed E-state index contributed by atoms with van der Waals surface area (Å²) in [4.78, 5) is 2.25. The van der Waals surface area contributed by atoms with E-state index in [0.717, 1.165) is 16.5 Å². The molecule has 0 saturated carbocycles. The van der Waals surface area contributed by atoms with Gasteiger partial charge in [-0.3, -0.25) is 0 Å². The molecule has 4 rings (SSSR count). The van der Waals surface area contributed by atoms with E-state index in [-0.39, 0.29) is 11.2 Å². The fourth-order valence-corrected chi connectivity index (χ4v) is 5.09. The summed E-state index contributed by atoms with van der Waals surface area (Å²) < 4.78 is 34.8. The minimum atomic E-state index is -4.19. The van der Waals surface area contributed by atoms with Crippen LogP contribution in [0.25, 0.3) is 17.0 Å². The number of hydrogen-bond acceptors (Lipinski definition) is 4. The average molecular weight is 449 g/mol. The Morgan fingerprint density at radius 3 is 2.53 bits per heavy atom. The third-order valence-electron chi connectivity index (χ3n) is 6.22. The van der Waals surface area contributed by atoms with Crippen LogP contribution in [0, 0.1) is 0 Å². The van der Waals surface area contributed by atoms with Gasteiger partial charge in [0.1, 0.15) is 6.54 Å². The summed E-state index contributed by atoms with van der Waals surface area (Å²) in [5.74, 6) is -0.352. The van der Waals surface area contributed by atoms with Crippen molar-refractivity contribution >= 4 is 32.8 Å². The predicted octanol–water partition coefficient (Wildman–Crippen LogP) is 4.39. The van der Waals surface area contributed by atoms with Crippen molar-refractivity contribution < 1.29 is 17.5 Å². The normalized spacial score (nSPS) is 16.9. The van der Waals surface area contributed by atoms with Gasteiger partial charge in [-0.25, -0.2) is 8.42 Å². The molecule has 6 heteroatoms. The quantitative estimate of drug-likeness (QED) is 0.414. The van der Waals surface area contributed by atoms with Gasteiger partial charge in [0.05, 0.1) is 15.5 Å². The van der Waals surface area contributed by atoms with E-state index in [1.54, 1.807) is 0 Å². The standard InChI is InChI=1S/C26H28N2O3S/c1-26(2)22-12-5-7-14-24(22)27(3)25(26)15-8-10-20-16-18-28(17-9-19-32(29,30)31)23-13-6-4-11-21(20)23/h4-8,10-16,18H,9,17,19H2,1-3H3. The van der Waals surface area contributed by atoms with E-state index in [1.165, 1.54) is 16.9 Å². The summed E-state index contributed by atoms with van der Waals surface area (Å²) in [5.41, 5.74) is 5.83. The van der Waals surface area contributed by atoms with Gasteiger partial charge in [0.15, 0.2) is 6.20 Å². The molecule has 0 unspecified atom stereocenters. The van der Waals surface area contributed by atoms with Crippen LogP contribution in [0.3, 0.4) is 0 Å². The summed E-state index contributed by atoms with van der Waals surface area (Å²) in [6.45, 7) is 4.98. The summed E-state index contributed by atoms with van der Waals surface area (Å²) >= 11 is 0. The molecule has 1 aliphatic rings. The maximum absolute atomic E-state index is 10.9. The molecule has 3 aromatic rings. The van der Waals surface area contributed by atoms with E-state index >= 15 is 0 Å². The van der Waals surface area contributed by atoms with Crippen LogP contribution in [0.4, 0.5) is 5.69 Å². The topological polar surface area (TPSA) is 64.3 Å². The molecule has 2 heterocycles. The lowest BCUT2D eigenvalue weighted by atomic mass is 9.84. The zero-order valence-corrected chi connectivity index (χ0v) is 19.5. The largest absolute Gasteiger partial charge is 0.748 e. The van der Waals surface area contributed by atoms with Crippen molar-refractivity contribution in [3.05, 3.63) is 89.8 Å². The Kier molecular flexibility index (Phi) is 5.93. The van der Waals surface area contributed by atoms with Crippen LogP contribution in [-0.4, -0.2) is 25.8 Å². The molecule has 0 amide bonds. The molecule has 32 heavy (non-hydrogen) atoms. The zero-order valence-electron chi connectivity index (χ0n) is 18.7. The summed E-state index contributed by atoms with van der Waals surface area (Å²) in [5, 5.41) is 1.08. The van der Waals surface area contributed by atoms with Gasteiger partial charge in [-0.15, -0.1) is 0 Å². The van der Waals surface area contributed by atoms with Gasteiger partial charge in [-0.1, -0.05) is 56.3 Å². The Morgan fingerprint density at radius 1 is 1.06 bits per heavy atom. The van der Waals surface area contributed by atoms with Crippen molar-refractivity contribution in [2.75, 3.05) is 17.7 Å². The minimum absolute atomic E-state index is 0.0701. The van der Waals surface area contributed by atoms with E-state index in [2.05, 4.69) is 74.4 Å². The highest BCUT2D eigenvalue weighted by molar-refractivity contribution is 7.85. The van der Waals surface area contributed by atoms with E-state index in [9.17, 15) is 13.0 Å². The highest BCUT2D eigenvalue weighted by atomic mass is 32.2. The lowest BCUT2D eigenvalue weighted by Gasteiger charge is -2.23. The molecule has 1 aliphatic heterocycles. The van der Waals surface area contributed by atoms with Crippen molar-refractivity contribution in [1.82, 2.24) is 0 Å². The Morgan fingerprint density at radius 2 is 1.78 bits per heavy atom. The number of rotatable bonds is 6. The van der Waals surface area contributed by atoms with Crippen LogP contribution >= 0.6 is 0 Å². The molecular weight excluding hydrogens is 420 g/mol. The fraction of sp³-hybridized carbons (Fsp3) is 0.269. The molecule has 166 valence electrons. The monoisotopic (exact) mass is 448 g/mol. The van der Waals surface area contributed by atoms with Gasteiger partial charge < -0.3 is 9.45 Å². The molecule has 0 N–H and O–H groups in total. The number of anilines is 1. The smallest absolute Gasteiger partial charge is 0.213 e. The maximum atomic E-state index is 10.9. The number of fused-ring (bicyclic) bond motifs is 2. The Balaban J connectivity index is 1.62. The first kappa shape index (κ1) is 22.2. The van der Waals surface area contributed by atoms with Crippen molar-refractivity contribution in [1.29, 1.82) is 0 Å². The number of hydrogen-bond donors (Lipinski definition) is 0. The number of benzene rings is 2. The van der Waals surface area contributed by atoms with Gasteiger partial charge in [0.2, 0.25) is 5.52 Å². The van der Waals surface area contributed by atoms with Crippen molar-refractivity contribution in [2.24, 2.45) is 0 Å². The first-order valence-corrected chi connectivity index (χ1v) is 12.3. The second-order valence-electron chi connectivity index (χ2n) is 8.71. The van der Waals surface area contributed by atoms with Crippen molar-refractivity contribution in [2.45, 2.75) is 32.2 Å². The van der Waals surface area contributed by atoms with Gasteiger partial charge in [-0.2, -0.15) is 4.57 Å². The SMILES string of the molecule is CN1/C(=C/C=C/c2cc[n+](CCCS(=O)(=O)[O-])c3ccccc23)C(C)(C)c2ccccc21. The second kappa shape index (κ2) is 8.52. The number of allylic oxidation sites excluding steroid dienone is 3. The molecule has 5 nitrogen and oxygen atoms in total. The Hall–Kier alpha value is -2.96. The van der Waals surface area contributed by atoms with E-state index in [1.807, 2.05) is 35.0 Å². The number of aromatic nitrogens is 1. The van der Waals surface area contributed by atoms with Crippen molar-refractivity contribution in [3.63, 3.8) is 0 Å². The third-order valence-corrected chi connectivity index (χ3v) is 7.01. The molecule has 0 spiro atoms. The highest BCUT2D eigenvalue weighted by Crippen LogP contribution is 2.46. The number of aryl methyl sites for hydroxylation is 1. The minimum Gasteiger partial charge on any atom is -0.748 e. The fourth-order valence-electron chi connectivity index (χ4n) is 4.61. The van der Waals surface area contributed by atoms with Gasteiger partial charge in [0.25, 0.3) is 0 Å². The zero-order chi connectivity index (χ0) is 22.9. The molecule has 2 aromatic carbocycles. The molecule has 0 fully saturated rings. The number of nitrogens with zero attached hydrogens (tertiary/aromatic N) is 2. The van der Waals surface area contributed by atoms with Gasteiger partial charge in [-0.05, 0) is 29.3 Å². The molecule has 0 radical (unpaired) electrons. The van der Waals surface area contributed by atoms with Crippen LogP contribution in [0.2, 0.25) is 0 Å². The maximum Gasteiger partial charge on any atom is 0.213 e. The Labute approximate surface area is 190 Å². The molecule has 0 saturated heterocycles. The summed E-state index contributed by atoms with van der Waals surface area (Å²) in [6, 6.07) is 18.6. The molecule has 1 aromatic heterocycles. The van der Waals surface area contributed by atoms with E-state index in [4.69, 9.17) is 0 Å². The third kappa shape index (κ3) is 4.33. The summed E-state index contributed by atoms with van der Waals surface area (Å²) in [6.07, 6.45) is 8.62. The van der Waals surface area contributed by atoms with Gasteiger partial charge in [0, 0.05) is 48.2 Å². The lowest BCUT2D eigenvalue weighted by Crippen LogP contribution is -2.35. The molecule has 0 aliphatic carbocycles. The van der Waals surface area contributed by atoms with E-state index in [0.29, 0.717) is 13.0 Å². The predicted molar refractivity (Wildman–Crippen MR) is 128 cm³/mol. The Bertz CT molecular complexity index is 1320. The second-order valence-corrected chi connectivity index (χ2v) is 10.2.